The topological polar surface area (TPSA) is 76.5 Å². The van der Waals surface area contributed by atoms with Gasteiger partial charge in [-0.15, -0.1) is 0 Å². The van der Waals surface area contributed by atoms with Crippen molar-refractivity contribution in [2.45, 2.75) is 6.04 Å². The fourth-order valence-corrected chi connectivity index (χ4v) is 2.34. The lowest BCUT2D eigenvalue weighted by Crippen LogP contribution is -2.31. The van der Waals surface area contributed by atoms with Crippen LogP contribution >= 0.6 is 0 Å². The van der Waals surface area contributed by atoms with E-state index in [2.05, 4.69) is 10.4 Å². The number of methoxy groups -OCH3 is 1. The number of aryl methyl sites for hydroxylation is 1. The van der Waals surface area contributed by atoms with Crippen molar-refractivity contribution in [1.82, 2.24) is 15.1 Å². The number of hydrogen-bond acceptors (Lipinski definition) is 4. The Morgan fingerprint density at radius 3 is 2.71 bits per heavy atom. The molecule has 7 nitrogen and oxygen atoms in total. The summed E-state index contributed by atoms with van der Waals surface area (Å²) < 4.78 is 6.79. The largest absolute Gasteiger partial charge is 0.495 e. The zero-order chi connectivity index (χ0) is 15.0. The first kappa shape index (κ1) is 13.2. The van der Waals surface area contributed by atoms with Gasteiger partial charge >= 0.3 is 6.03 Å². The molecule has 1 aliphatic heterocycles. The molecule has 3 amide bonds. The summed E-state index contributed by atoms with van der Waals surface area (Å²) in [6.07, 6.45) is 3.27. The number of para-hydroxylation sites is 2. The molecule has 3 rings (SSSR count). The lowest BCUT2D eigenvalue weighted by molar-refractivity contribution is -0.118. The molecule has 7 heteroatoms. The first-order valence-electron chi connectivity index (χ1n) is 6.38. The molecule has 0 saturated carbocycles. The average molecular weight is 286 g/mol. The van der Waals surface area contributed by atoms with Gasteiger partial charge in [0.25, 0.3) is 5.91 Å². The van der Waals surface area contributed by atoms with E-state index in [9.17, 15) is 9.59 Å². The van der Waals surface area contributed by atoms with Crippen LogP contribution in [0.4, 0.5) is 10.5 Å². The number of anilines is 1. The third-order valence-electron chi connectivity index (χ3n) is 3.32. The Morgan fingerprint density at radius 1 is 1.29 bits per heavy atom. The van der Waals surface area contributed by atoms with Crippen molar-refractivity contribution in [3.8, 4) is 5.75 Å². The van der Waals surface area contributed by atoms with E-state index in [1.54, 1.807) is 48.4 Å². The van der Waals surface area contributed by atoms with Gasteiger partial charge < -0.3 is 10.1 Å². The second-order valence-corrected chi connectivity index (χ2v) is 4.68. The molecule has 21 heavy (non-hydrogen) atoms. The van der Waals surface area contributed by atoms with E-state index in [-0.39, 0.29) is 5.91 Å². The standard InChI is InChI=1S/C14H14N4O3/c1-17-8-9(7-15-17)12-13(19)18(14(20)16-12)10-5-3-4-6-11(10)21-2/h3-8,12H,1-2H3,(H,16,20). The first-order chi connectivity index (χ1) is 10.1. The van der Waals surface area contributed by atoms with Gasteiger partial charge in [0.2, 0.25) is 0 Å². The monoisotopic (exact) mass is 286 g/mol. The first-order valence-corrected chi connectivity index (χ1v) is 6.38. The second-order valence-electron chi connectivity index (χ2n) is 4.68. The van der Waals surface area contributed by atoms with Crippen LogP contribution in [0.2, 0.25) is 0 Å². The molecule has 0 radical (unpaired) electrons. The van der Waals surface area contributed by atoms with Crippen LogP contribution < -0.4 is 15.0 Å². The van der Waals surface area contributed by atoms with Crippen LogP contribution in [0.1, 0.15) is 11.6 Å². The van der Waals surface area contributed by atoms with Crippen LogP contribution in [-0.4, -0.2) is 28.8 Å². The fraction of sp³-hybridized carbons (Fsp3) is 0.214. The van der Waals surface area contributed by atoms with Gasteiger partial charge in [0.1, 0.15) is 11.8 Å². The molecular weight excluding hydrogens is 272 g/mol. The molecule has 1 aromatic carbocycles. The van der Waals surface area contributed by atoms with Crippen LogP contribution in [-0.2, 0) is 11.8 Å². The number of benzene rings is 1. The molecule has 0 bridgehead atoms. The van der Waals surface area contributed by atoms with Crippen molar-refractivity contribution >= 4 is 17.6 Å². The van der Waals surface area contributed by atoms with Crippen molar-refractivity contribution in [2.75, 3.05) is 12.0 Å². The van der Waals surface area contributed by atoms with Gasteiger partial charge in [-0.2, -0.15) is 5.10 Å². The lowest BCUT2D eigenvalue weighted by atomic mass is 10.1. The molecule has 1 aliphatic rings. The number of hydrogen-bond donors (Lipinski definition) is 1. The smallest absolute Gasteiger partial charge is 0.329 e. The zero-order valence-corrected chi connectivity index (χ0v) is 11.6. The van der Waals surface area contributed by atoms with E-state index in [0.717, 1.165) is 4.90 Å². The summed E-state index contributed by atoms with van der Waals surface area (Å²) in [6, 6.07) is 5.69. The number of aromatic nitrogens is 2. The number of nitrogens with one attached hydrogen (secondary N) is 1. The molecule has 1 N–H and O–H groups in total. The van der Waals surface area contributed by atoms with Crippen molar-refractivity contribution in [3.63, 3.8) is 0 Å². The second kappa shape index (κ2) is 4.93. The van der Waals surface area contributed by atoms with Crippen LogP contribution in [0.25, 0.3) is 0 Å². The third kappa shape index (κ3) is 2.12. The Kier molecular flexibility index (Phi) is 3.09. The average Bonchev–Trinajstić information content (AvgIpc) is 3.03. The van der Waals surface area contributed by atoms with Gasteiger partial charge in [-0.25, -0.2) is 9.69 Å². The summed E-state index contributed by atoms with van der Waals surface area (Å²) in [6.45, 7) is 0. The molecule has 108 valence electrons. The minimum absolute atomic E-state index is 0.350. The molecule has 1 unspecified atom stereocenters. The molecule has 1 atom stereocenters. The number of ether oxygens (including phenoxy) is 1. The highest BCUT2D eigenvalue weighted by molar-refractivity contribution is 6.22. The number of carbonyl (C=O) groups is 2. The highest BCUT2D eigenvalue weighted by Crippen LogP contribution is 2.33. The summed E-state index contributed by atoms with van der Waals surface area (Å²) in [5, 5.41) is 6.68. The van der Waals surface area contributed by atoms with Crippen LogP contribution in [0.3, 0.4) is 0 Å². The zero-order valence-electron chi connectivity index (χ0n) is 11.6. The number of nitrogens with zero attached hydrogens (tertiary/aromatic N) is 3. The van der Waals surface area contributed by atoms with Crippen molar-refractivity contribution in [2.24, 2.45) is 7.05 Å². The van der Waals surface area contributed by atoms with E-state index in [4.69, 9.17) is 4.74 Å². The molecule has 1 saturated heterocycles. The molecule has 0 aliphatic carbocycles. The summed E-state index contributed by atoms with van der Waals surface area (Å²) >= 11 is 0. The number of carbonyl (C=O) groups excluding carboxylic acids is 2. The Bertz CT molecular complexity index is 710. The summed E-state index contributed by atoms with van der Waals surface area (Å²) in [5.74, 6) is 0.116. The summed E-state index contributed by atoms with van der Waals surface area (Å²) in [7, 11) is 3.25. The third-order valence-corrected chi connectivity index (χ3v) is 3.32. The fourth-order valence-electron chi connectivity index (χ4n) is 2.34. The maximum Gasteiger partial charge on any atom is 0.329 e. The highest BCUT2D eigenvalue weighted by Gasteiger charge is 2.41. The summed E-state index contributed by atoms with van der Waals surface area (Å²) in [4.78, 5) is 25.8. The van der Waals surface area contributed by atoms with E-state index >= 15 is 0 Å². The minimum atomic E-state index is -0.726. The Labute approximate surface area is 121 Å². The summed E-state index contributed by atoms with van der Waals surface area (Å²) in [5.41, 5.74) is 1.07. The normalized spacial score (nSPS) is 18.0. The minimum Gasteiger partial charge on any atom is -0.495 e. The van der Waals surface area contributed by atoms with E-state index in [0.29, 0.717) is 17.0 Å². The lowest BCUT2D eigenvalue weighted by Gasteiger charge is -2.16. The van der Waals surface area contributed by atoms with Crippen LogP contribution in [0, 0.1) is 0 Å². The molecule has 0 spiro atoms. The predicted molar refractivity (Wildman–Crippen MR) is 75.0 cm³/mol. The maximum atomic E-state index is 12.5. The van der Waals surface area contributed by atoms with Crippen molar-refractivity contribution in [1.29, 1.82) is 0 Å². The van der Waals surface area contributed by atoms with Gasteiger partial charge in [-0.05, 0) is 12.1 Å². The van der Waals surface area contributed by atoms with Crippen molar-refractivity contribution < 1.29 is 14.3 Å². The quantitative estimate of drug-likeness (QED) is 0.861. The molecule has 1 fully saturated rings. The van der Waals surface area contributed by atoms with Crippen molar-refractivity contribution in [3.05, 3.63) is 42.2 Å². The molecule has 1 aromatic heterocycles. The SMILES string of the molecule is COc1ccccc1N1C(=O)NC(c2cnn(C)c2)C1=O. The Morgan fingerprint density at radius 2 is 2.05 bits per heavy atom. The maximum absolute atomic E-state index is 12.5. The van der Waals surface area contributed by atoms with E-state index in [1.807, 2.05) is 0 Å². The van der Waals surface area contributed by atoms with Crippen LogP contribution in [0.15, 0.2) is 36.7 Å². The Hall–Kier alpha value is -2.83. The highest BCUT2D eigenvalue weighted by atomic mass is 16.5. The molecular formula is C14H14N4O3. The van der Waals surface area contributed by atoms with Crippen LogP contribution in [0.5, 0.6) is 5.75 Å². The molecule has 2 aromatic rings. The van der Waals surface area contributed by atoms with Gasteiger partial charge in [0.15, 0.2) is 0 Å². The number of imide groups is 1. The van der Waals surface area contributed by atoms with E-state index < -0.39 is 12.1 Å². The van der Waals surface area contributed by atoms with Gasteiger partial charge in [-0.1, -0.05) is 12.1 Å². The molecule has 2 heterocycles. The number of amides is 3. The van der Waals surface area contributed by atoms with Gasteiger partial charge in [0, 0.05) is 18.8 Å². The van der Waals surface area contributed by atoms with Gasteiger partial charge in [-0.3, -0.25) is 9.48 Å². The number of rotatable bonds is 3. The Balaban J connectivity index is 1.97. The van der Waals surface area contributed by atoms with E-state index in [1.165, 1.54) is 7.11 Å². The van der Waals surface area contributed by atoms with Gasteiger partial charge in [0.05, 0.1) is 19.0 Å². The predicted octanol–water partition coefficient (Wildman–Crippen LogP) is 1.23. The number of urea groups is 1.